The molecule has 1 heterocycles. The summed E-state index contributed by atoms with van der Waals surface area (Å²) in [7, 11) is 1.95. The van der Waals surface area contributed by atoms with Crippen LogP contribution in [0.5, 0.6) is 0 Å². The Hall–Kier alpha value is -0.250. The van der Waals surface area contributed by atoms with Crippen molar-refractivity contribution in [2.24, 2.45) is 7.05 Å². The van der Waals surface area contributed by atoms with Gasteiger partial charge in [0.15, 0.2) is 0 Å². The van der Waals surface area contributed by atoms with Crippen molar-refractivity contribution in [1.29, 1.82) is 0 Å². The van der Waals surface area contributed by atoms with Crippen LogP contribution in [0.1, 0.15) is 18.4 Å². The average Bonchev–Trinajstić information content (AvgIpc) is 2.72. The van der Waals surface area contributed by atoms with Crippen LogP contribution < -0.4 is 5.32 Å². The first-order valence-corrected chi connectivity index (χ1v) is 4.05. The molecule has 0 saturated heterocycles. The normalized spacial score (nSPS) is 14.5. The Morgan fingerprint density at radius 3 is 2.69 bits per heavy atom. The SMILES string of the molecule is Cl.Cl.Cn1cc(CNC2CC2)cn1. The molecule has 76 valence electrons. The molecule has 0 unspecified atom stereocenters. The van der Waals surface area contributed by atoms with Gasteiger partial charge >= 0.3 is 0 Å². The zero-order valence-corrected chi connectivity index (χ0v) is 9.20. The van der Waals surface area contributed by atoms with Gasteiger partial charge in [-0.25, -0.2) is 0 Å². The minimum Gasteiger partial charge on any atom is -0.310 e. The molecule has 0 spiro atoms. The summed E-state index contributed by atoms with van der Waals surface area (Å²) < 4.78 is 1.84. The Bertz CT molecular complexity index is 245. The van der Waals surface area contributed by atoms with Crippen LogP contribution >= 0.6 is 24.8 Å². The Balaban J connectivity index is 0.000000720. The van der Waals surface area contributed by atoms with E-state index in [1.54, 1.807) is 0 Å². The van der Waals surface area contributed by atoms with E-state index >= 15 is 0 Å². The summed E-state index contributed by atoms with van der Waals surface area (Å²) in [6, 6.07) is 0.787. The minimum atomic E-state index is 0. The van der Waals surface area contributed by atoms with Crippen molar-refractivity contribution in [3.63, 3.8) is 0 Å². The highest BCUT2D eigenvalue weighted by molar-refractivity contribution is 5.85. The topological polar surface area (TPSA) is 29.9 Å². The van der Waals surface area contributed by atoms with Gasteiger partial charge in [-0.05, 0) is 12.8 Å². The average molecular weight is 224 g/mol. The third kappa shape index (κ3) is 3.98. The predicted octanol–water partition coefficient (Wildman–Crippen LogP) is 1.52. The Morgan fingerprint density at radius 2 is 2.23 bits per heavy atom. The first kappa shape index (κ1) is 12.8. The number of nitrogens with zero attached hydrogens (tertiary/aromatic N) is 2. The van der Waals surface area contributed by atoms with Gasteiger partial charge in [0.05, 0.1) is 6.20 Å². The summed E-state index contributed by atoms with van der Waals surface area (Å²) in [5, 5.41) is 7.52. The summed E-state index contributed by atoms with van der Waals surface area (Å²) in [6.45, 7) is 0.971. The lowest BCUT2D eigenvalue weighted by Gasteiger charge is -1.96. The maximum absolute atomic E-state index is 4.09. The van der Waals surface area contributed by atoms with Gasteiger partial charge in [0.1, 0.15) is 0 Å². The lowest BCUT2D eigenvalue weighted by atomic mass is 10.3. The summed E-state index contributed by atoms with van der Waals surface area (Å²) in [5.74, 6) is 0. The van der Waals surface area contributed by atoms with Crippen molar-refractivity contribution < 1.29 is 0 Å². The fourth-order valence-corrected chi connectivity index (χ4v) is 1.11. The second-order valence-corrected chi connectivity index (χ2v) is 3.18. The van der Waals surface area contributed by atoms with Crippen molar-refractivity contribution in [3.05, 3.63) is 18.0 Å². The van der Waals surface area contributed by atoms with Crippen molar-refractivity contribution in [2.45, 2.75) is 25.4 Å². The van der Waals surface area contributed by atoms with Crippen LogP contribution in [0.4, 0.5) is 0 Å². The monoisotopic (exact) mass is 223 g/mol. The van der Waals surface area contributed by atoms with Gasteiger partial charge in [0.25, 0.3) is 0 Å². The molecule has 1 aromatic rings. The molecule has 1 aliphatic rings. The molecule has 13 heavy (non-hydrogen) atoms. The van der Waals surface area contributed by atoms with E-state index in [0.717, 1.165) is 12.6 Å². The number of aryl methyl sites for hydroxylation is 1. The maximum atomic E-state index is 4.09. The molecule has 3 nitrogen and oxygen atoms in total. The molecule has 0 radical (unpaired) electrons. The van der Waals surface area contributed by atoms with Gasteiger partial charge in [0.2, 0.25) is 0 Å². The van der Waals surface area contributed by atoms with Crippen LogP contribution in [0.15, 0.2) is 12.4 Å². The second kappa shape index (κ2) is 5.47. The predicted molar refractivity (Wildman–Crippen MR) is 57.6 cm³/mol. The highest BCUT2D eigenvalue weighted by Gasteiger charge is 2.19. The fourth-order valence-electron chi connectivity index (χ4n) is 1.11. The molecule has 2 rings (SSSR count). The van der Waals surface area contributed by atoms with Crippen LogP contribution in [-0.2, 0) is 13.6 Å². The van der Waals surface area contributed by atoms with Gasteiger partial charge in [-0.15, -0.1) is 24.8 Å². The molecule has 1 aromatic heterocycles. The second-order valence-electron chi connectivity index (χ2n) is 3.18. The van der Waals surface area contributed by atoms with Gasteiger partial charge in [0, 0.05) is 31.4 Å². The van der Waals surface area contributed by atoms with Crippen LogP contribution in [-0.4, -0.2) is 15.8 Å². The highest BCUT2D eigenvalue weighted by atomic mass is 35.5. The van der Waals surface area contributed by atoms with E-state index in [9.17, 15) is 0 Å². The van der Waals surface area contributed by atoms with Crippen LogP contribution in [0.25, 0.3) is 0 Å². The highest BCUT2D eigenvalue weighted by Crippen LogP contribution is 2.18. The van der Waals surface area contributed by atoms with E-state index in [1.807, 2.05) is 17.9 Å². The van der Waals surface area contributed by atoms with E-state index in [4.69, 9.17) is 0 Å². The smallest absolute Gasteiger partial charge is 0.0534 e. The molecular formula is C8H15Cl2N3. The summed E-state index contributed by atoms with van der Waals surface area (Å²) in [6.07, 6.45) is 6.66. The number of halogens is 2. The van der Waals surface area contributed by atoms with Gasteiger partial charge in [-0.1, -0.05) is 0 Å². The maximum Gasteiger partial charge on any atom is 0.0534 e. The van der Waals surface area contributed by atoms with E-state index in [-0.39, 0.29) is 24.8 Å². The zero-order valence-electron chi connectivity index (χ0n) is 7.56. The number of rotatable bonds is 3. The molecule has 1 saturated carbocycles. The summed E-state index contributed by atoms with van der Waals surface area (Å²) in [4.78, 5) is 0. The van der Waals surface area contributed by atoms with E-state index < -0.39 is 0 Å². The third-order valence-corrected chi connectivity index (χ3v) is 1.93. The Morgan fingerprint density at radius 1 is 1.54 bits per heavy atom. The van der Waals surface area contributed by atoms with Crippen LogP contribution in [0, 0.1) is 0 Å². The summed E-state index contributed by atoms with van der Waals surface area (Å²) in [5.41, 5.74) is 1.28. The first-order chi connectivity index (χ1) is 5.34. The van der Waals surface area contributed by atoms with E-state index in [1.165, 1.54) is 18.4 Å². The van der Waals surface area contributed by atoms with Crippen molar-refractivity contribution >= 4 is 24.8 Å². The van der Waals surface area contributed by atoms with Crippen molar-refractivity contribution in [3.8, 4) is 0 Å². The first-order valence-electron chi connectivity index (χ1n) is 4.05. The molecule has 0 atom stereocenters. The Kier molecular flexibility index (Phi) is 5.37. The van der Waals surface area contributed by atoms with Crippen LogP contribution in [0.3, 0.4) is 0 Å². The largest absolute Gasteiger partial charge is 0.310 e. The Labute approximate surface area is 90.7 Å². The molecule has 0 aliphatic heterocycles. The van der Waals surface area contributed by atoms with Gasteiger partial charge in [-0.3, -0.25) is 4.68 Å². The molecule has 1 fully saturated rings. The lowest BCUT2D eigenvalue weighted by Crippen LogP contribution is -2.14. The van der Waals surface area contributed by atoms with Crippen molar-refractivity contribution in [2.75, 3.05) is 0 Å². The van der Waals surface area contributed by atoms with Crippen LogP contribution in [0.2, 0.25) is 0 Å². The molecule has 0 bridgehead atoms. The van der Waals surface area contributed by atoms with E-state index in [2.05, 4.69) is 16.6 Å². The minimum absolute atomic E-state index is 0. The molecule has 5 heteroatoms. The molecule has 0 aromatic carbocycles. The number of nitrogens with one attached hydrogen (secondary N) is 1. The number of hydrogen-bond acceptors (Lipinski definition) is 2. The standard InChI is InChI=1S/C8H13N3.2ClH/c1-11-6-7(5-10-11)4-9-8-2-3-8;;/h5-6,8-9H,2-4H2,1H3;2*1H. The zero-order chi connectivity index (χ0) is 7.68. The molecule has 1 aliphatic carbocycles. The summed E-state index contributed by atoms with van der Waals surface area (Å²) >= 11 is 0. The molecule has 0 amide bonds. The van der Waals surface area contributed by atoms with E-state index in [0.29, 0.717) is 0 Å². The van der Waals surface area contributed by atoms with Crippen molar-refractivity contribution in [1.82, 2.24) is 15.1 Å². The quantitative estimate of drug-likeness (QED) is 0.843. The fraction of sp³-hybridized carbons (Fsp3) is 0.625. The van der Waals surface area contributed by atoms with Gasteiger partial charge < -0.3 is 5.32 Å². The number of hydrogen-bond donors (Lipinski definition) is 1. The number of aromatic nitrogens is 2. The van der Waals surface area contributed by atoms with Gasteiger partial charge in [-0.2, -0.15) is 5.10 Å². The third-order valence-electron chi connectivity index (χ3n) is 1.93. The molecular weight excluding hydrogens is 209 g/mol. The molecule has 1 N–H and O–H groups in total. The lowest BCUT2D eigenvalue weighted by molar-refractivity contribution is 0.686.